The summed E-state index contributed by atoms with van der Waals surface area (Å²) >= 11 is 6.01. The van der Waals surface area contributed by atoms with Gasteiger partial charge >= 0.3 is 0 Å². The smallest absolute Gasteiger partial charge is 0.260 e. The number of rotatable bonds is 5. The van der Waals surface area contributed by atoms with Crippen molar-refractivity contribution in [3.05, 3.63) is 64.4 Å². The van der Waals surface area contributed by atoms with Gasteiger partial charge in [-0.2, -0.15) is 0 Å². The zero-order chi connectivity index (χ0) is 16.1. The van der Waals surface area contributed by atoms with Gasteiger partial charge in [-0.25, -0.2) is 4.39 Å². The van der Waals surface area contributed by atoms with Crippen molar-refractivity contribution in [2.75, 3.05) is 13.7 Å². The van der Waals surface area contributed by atoms with Crippen LogP contribution in [-0.4, -0.2) is 24.5 Å². The first-order chi connectivity index (χ1) is 10.5. The Hall–Kier alpha value is -2.07. The van der Waals surface area contributed by atoms with E-state index in [1.807, 2.05) is 13.0 Å². The summed E-state index contributed by atoms with van der Waals surface area (Å²) in [4.78, 5) is 13.5. The molecule has 5 heteroatoms. The number of halogens is 2. The lowest BCUT2D eigenvalue weighted by atomic mass is 10.2. The molecule has 0 bridgehead atoms. The molecule has 0 fully saturated rings. The second-order valence-electron chi connectivity index (χ2n) is 5.06. The molecule has 0 aliphatic rings. The van der Waals surface area contributed by atoms with Crippen LogP contribution in [0.15, 0.2) is 42.5 Å². The summed E-state index contributed by atoms with van der Waals surface area (Å²) in [5.41, 5.74) is 1.46. The van der Waals surface area contributed by atoms with E-state index < -0.39 is 0 Å². The van der Waals surface area contributed by atoms with Gasteiger partial charge in [0, 0.05) is 19.2 Å². The molecule has 116 valence electrons. The van der Waals surface area contributed by atoms with E-state index in [1.165, 1.54) is 11.0 Å². The van der Waals surface area contributed by atoms with Gasteiger partial charge in [-0.15, -0.1) is 0 Å². The van der Waals surface area contributed by atoms with Crippen LogP contribution in [0.4, 0.5) is 4.39 Å². The molecule has 2 aromatic carbocycles. The molecule has 0 radical (unpaired) electrons. The highest BCUT2D eigenvalue weighted by Gasteiger charge is 2.13. The molecule has 0 aliphatic carbocycles. The van der Waals surface area contributed by atoms with Crippen molar-refractivity contribution in [3.8, 4) is 5.75 Å². The molecule has 0 heterocycles. The minimum atomic E-state index is -0.329. The summed E-state index contributed by atoms with van der Waals surface area (Å²) in [7, 11) is 1.61. The van der Waals surface area contributed by atoms with E-state index in [2.05, 4.69) is 0 Å². The minimum absolute atomic E-state index is 0.145. The van der Waals surface area contributed by atoms with E-state index in [4.69, 9.17) is 16.3 Å². The Labute approximate surface area is 134 Å². The molecule has 0 aliphatic heterocycles. The molecule has 0 saturated carbocycles. The van der Waals surface area contributed by atoms with Crippen LogP contribution in [0.1, 0.15) is 11.1 Å². The highest BCUT2D eigenvalue weighted by Crippen LogP contribution is 2.25. The molecule has 3 nitrogen and oxygen atoms in total. The SMILES string of the molecule is Cc1ccc(Cl)c(OCC(=O)N(C)Cc2ccccc2F)c1. The molecule has 22 heavy (non-hydrogen) atoms. The first-order valence-electron chi connectivity index (χ1n) is 6.83. The van der Waals surface area contributed by atoms with Gasteiger partial charge in [-0.3, -0.25) is 4.79 Å². The Morgan fingerprint density at radius 2 is 2.00 bits per heavy atom. The summed E-state index contributed by atoms with van der Waals surface area (Å²) in [5, 5.41) is 0.454. The van der Waals surface area contributed by atoms with Gasteiger partial charge in [0.2, 0.25) is 0 Å². The molecule has 0 N–H and O–H groups in total. The summed E-state index contributed by atoms with van der Waals surface area (Å²) in [6.45, 7) is 1.96. The Balaban J connectivity index is 1.94. The van der Waals surface area contributed by atoms with Crippen molar-refractivity contribution in [2.24, 2.45) is 0 Å². The maximum absolute atomic E-state index is 13.6. The summed E-state index contributed by atoms with van der Waals surface area (Å²) < 4.78 is 19.0. The number of ether oxygens (including phenoxy) is 1. The zero-order valence-electron chi connectivity index (χ0n) is 12.5. The van der Waals surface area contributed by atoms with Gasteiger partial charge in [0.05, 0.1) is 5.02 Å². The highest BCUT2D eigenvalue weighted by atomic mass is 35.5. The molecule has 0 saturated heterocycles. The van der Waals surface area contributed by atoms with Crippen molar-refractivity contribution in [3.63, 3.8) is 0 Å². The lowest BCUT2D eigenvalue weighted by Gasteiger charge is -2.18. The third kappa shape index (κ3) is 4.21. The number of carbonyl (C=O) groups is 1. The summed E-state index contributed by atoms with van der Waals surface area (Å²) in [5.74, 6) is -0.111. The van der Waals surface area contributed by atoms with Crippen molar-refractivity contribution in [2.45, 2.75) is 13.5 Å². The van der Waals surface area contributed by atoms with E-state index in [-0.39, 0.29) is 24.9 Å². The van der Waals surface area contributed by atoms with Crippen molar-refractivity contribution in [1.29, 1.82) is 0 Å². The standard InChI is InChI=1S/C17H17ClFNO2/c1-12-7-8-14(18)16(9-12)22-11-17(21)20(2)10-13-5-3-4-6-15(13)19/h3-9H,10-11H2,1-2H3. The van der Waals surface area contributed by atoms with Gasteiger partial charge in [0.15, 0.2) is 6.61 Å². The Morgan fingerprint density at radius 1 is 1.27 bits per heavy atom. The van der Waals surface area contributed by atoms with Gasteiger partial charge < -0.3 is 9.64 Å². The lowest BCUT2D eigenvalue weighted by Crippen LogP contribution is -2.31. The third-order valence-electron chi connectivity index (χ3n) is 3.23. The number of likely N-dealkylation sites (N-methyl/N-ethyl adjacent to an activating group) is 1. The first-order valence-corrected chi connectivity index (χ1v) is 7.21. The molecular formula is C17H17ClFNO2. The lowest BCUT2D eigenvalue weighted by molar-refractivity contribution is -0.132. The highest BCUT2D eigenvalue weighted by molar-refractivity contribution is 6.32. The van der Waals surface area contributed by atoms with E-state index in [0.29, 0.717) is 16.3 Å². The summed E-state index contributed by atoms with van der Waals surface area (Å²) in [6.07, 6.45) is 0. The van der Waals surface area contributed by atoms with Crippen LogP contribution in [0.25, 0.3) is 0 Å². The van der Waals surface area contributed by atoms with E-state index >= 15 is 0 Å². The fourth-order valence-corrected chi connectivity index (χ4v) is 2.11. The van der Waals surface area contributed by atoms with Crippen LogP contribution in [0, 0.1) is 12.7 Å². The van der Waals surface area contributed by atoms with Crippen LogP contribution in [0.3, 0.4) is 0 Å². The van der Waals surface area contributed by atoms with Crippen molar-refractivity contribution in [1.82, 2.24) is 4.90 Å². The second kappa shape index (κ2) is 7.27. The topological polar surface area (TPSA) is 29.5 Å². The van der Waals surface area contributed by atoms with Crippen LogP contribution >= 0.6 is 11.6 Å². The number of hydrogen-bond acceptors (Lipinski definition) is 2. The van der Waals surface area contributed by atoms with Gasteiger partial charge in [0.1, 0.15) is 11.6 Å². The van der Waals surface area contributed by atoms with Crippen LogP contribution in [0.5, 0.6) is 5.75 Å². The van der Waals surface area contributed by atoms with Gasteiger partial charge in [-0.1, -0.05) is 35.9 Å². The number of aryl methyl sites for hydroxylation is 1. The van der Waals surface area contributed by atoms with Crippen molar-refractivity contribution < 1.29 is 13.9 Å². The normalized spacial score (nSPS) is 10.4. The van der Waals surface area contributed by atoms with Gasteiger partial charge in [0.25, 0.3) is 5.91 Å². The average molecular weight is 322 g/mol. The third-order valence-corrected chi connectivity index (χ3v) is 3.54. The first kappa shape index (κ1) is 16.3. The van der Waals surface area contributed by atoms with Gasteiger partial charge in [-0.05, 0) is 30.7 Å². The molecule has 2 rings (SSSR count). The maximum Gasteiger partial charge on any atom is 0.260 e. The van der Waals surface area contributed by atoms with E-state index in [9.17, 15) is 9.18 Å². The zero-order valence-corrected chi connectivity index (χ0v) is 13.2. The number of hydrogen-bond donors (Lipinski definition) is 0. The van der Waals surface area contributed by atoms with E-state index in [1.54, 1.807) is 37.4 Å². The maximum atomic E-state index is 13.6. The molecular weight excluding hydrogens is 305 g/mol. The number of benzene rings is 2. The average Bonchev–Trinajstić information content (AvgIpc) is 2.50. The second-order valence-corrected chi connectivity index (χ2v) is 5.47. The predicted molar refractivity (Wildman–Crippen MR) is 84.6 cm³/mol. The fourth-order valence-electron chi connectivity index (χ4n) is 1.94. The predicted octanol–water partition coefficient (Wildman–Crippen LogP) is 3.82. The number of nitrogens with zero attached hydrogens (tertiary/aromatic N) is 1. The van der Waals surface area contributed by atoms with Crippen LogP contribution in [-0.2, 0) is 11.3 Å². The van der Waals surface area contributed by atoms with Crippen LogP contribution < -0.4 is 4.74 Å². The fraction of sp³-hybridized carbons (Fsp3) is 0.235. The summed E-state index contributed by atoms with van der Waals surface area (Å²) in [6, 6.07) is 11.7. The molecule has 0 unspecified atom stereocenters. The monoisotopic (exact) mass is 321 g/mol. The molecule has 0 spiro atoms. The Kier molecular flexibility index (Phi) is 5.39. The molecule has 0 aromatic heterocycles. The Bertz CT molecular complexity index is 675. The minimum Gasteiger partial charge on any atom is -0.482 e. The Morgan fingerprint density at radius 3 is 2.73 bits per heavy atom. The molecule has 0 atom stereocenters. The number of amides is 1. The van der Waals surface area contributed by atoms with E-state index in [0.717, 1.165) is 5.56 Å². The van der Waals surface area contributed by atoms with Crippen LogP contribution in [0.2, 0.25) is 5.02 Å². The molecule has 1 amide bonds. The van der Waals surface area contributed by atoms with Crippen molar-refractivity contribution >= 4 is 17.5 Å². The largest absolute Gasteiger partial charge is 0.482 e. The number of carbonyl (C=O) groups excluding carboxylic acids is 1. The molecule has 2 aromatic rings. The quantitative estimate of drug-likeness (QED) is 0.837.